The van der Waals surface area contributed by atoms with Gasteiger partial charge in [-0.25, -0.2) is 0 Å². The molecular formula is C28H42ClNO. The number of aryl methyl sites for hydroxylation is 1. The second kappa shape index (κ2) is 16.1. The summed E-state index contributed by atoms with van der Waals surface area (Å²) in [6.07, 6.45) is 18.8. The van der Waals surface area contributed by atoms with Gasteiger partial charge in [-0.3, -0.25) is 4.98 Å². The lowest BCUT2D eigenvalue weighted by Crippen LogP contribution is -2.05. The van der Waals surface area contributed by atoms with Crippen molar-refractivity contribution in [2.75, 3.05) is 6.61 Å². The molecule has 2 rings (SSSR count). The maximum Gasteiger partial charge on any atom is 0.119 e. The van der Waals surface area contributed by atoms with Gasteiger partial charge in [0.05, 0.1) is 12.3 Å². The van der Waals surface area contributed by atoms with E-state index in [0.717, 1.165) is 36.3 Å². The van der Waals surface area contributed by atoms with Crippen LogP contribution in [-0.2, 0) is 6.42 Å². The van der Waals surface area contributed by atoms with Gasteiger partial charge >= 0.3 is 0 Å². The molecule has 172 valence electrons. The van der Waals surface area contributed by atoms with Crippen LogP contribution in [0.4, 0.5) is 0 Å². The van der Waals surface area contributed by atoms with Crippen molar-refractivity contribution in [1.82, 2.24) is 4.98 Å². The normalized spacial score (nSPS) is 12.1. The Morgan fingerprint density at radius 3 is 2.03 bits per heavy atom. The largest absolute Gasteiger partial charge is 0.494 e. The number of benzene rings is 1. The van der Waals surface area contributed by atoms with Crippen molar-refractivity contribution < 1.29 is 4.74 Å². The molecular weight excluding hydrogens is 402 g/mol. The van der Waals surface area contributed by atoms with Crippen molar-refractivity contribution >= 4 is 11.6 Å². The second-order valence-electron chi connectivity index (χ2n) is 8.65. The quantitative estimate of drug-likeness (QED) is 0.180. The lowest BCUT2D eigenvalue weighted by atomic mass is 10.0. The van der Waals surface area contributed by atoms with E-state index < -0.39 is 0 Å². The first-order valence-electron chi connectivity index (χ1n) is 12.5. The van der Waals surface area contributed by atoms with Crippen LogP contribution in [0.3, 0.4) is 0 Å². The molecule has 0 saturated heterocycles. The first kappa shape index (κ1) is 25.7. The van der Waals surface area contributed by atoms with Crippen LogP contribution in [0.2, 0.25) is 0 Å². The van der Waals surface area contributed by atoms with Crippen LogP contribution in [0.1, 0.15) is 96.5 Å². The monoisotopic (exact) mass is 443 g/mol. The maximum atomic E-state index is 6.14. The molecule has 0 aliphatic rings. The number of hydrogen-bond donors (Lipinski definition) is 0. The fourth-order valence-corrected chi connectivity index (χ4v) is 3.88. The highest BCUT2D eigenvalue weighted by Gasteiger charge is 2.04. The number of alkyl halides is 1. The summed E-state index contributed by atoms with van der Waals surface area (Å²) in [6.45, 7) is 5.04. The molecule has 0 fully saturated rings. The molecule has 1 atom stereocenters. The Bertz CT molecular complexity index is 683. The first-order valence-corrected chi connectivity index (χ1v) is 13.0. The molecule has 31 heavy (non-hydrogen) atoms. The van der Waals surface area contributed by atoms with E-state index in [1.807, 2.05) is 18.3 Å². The first-order chi connectivity index (χ1) is 15.2. The van der Waals surface area contributed by atoms with Gasteiger partial charge in [-0.2, -0.15) is 0 Å². The molecule has 2 aromatic rings. The molecule has 2 nitrogen and oxygen atoms in total. The smallest absolute Gasteiger partial charge is 0.119 e. The summed E-state index contributed by atoms with van der Waals surface area (Å²) in [5.74, 6) is 0.890. The van der Waals surface area contributed by atoms with E-state index in [1.165, 1.54) is 69.8 Å². The van der Waals surface area contributed by atoms with Gasteiger partial charge in [0.2, 0.25) is 0 Å². The molecule has 3 heteroatoms. The van der Waals surface area contributed by atoms with E-state index in [4.69, 9.17) is 16.3 Å². The minimum Gasteiger partial charge on any atom is -0.494 e. The highest BCUT2D eigenvalue weighted by atomic mass is 35.5. The standard InChI is InChI=1S/C28H42ClNO/c1-3-5-6-7-8-9-10-11-12-13-14-24-15-20-28(30-23-24)25-16-18-27(19-17-25)31-22-21-26(29)4-2/h15-20,23,26H,3-14,21-22H2,1-2H3. The summed E-state index contributed by atoms with van der Waals surface area (Å²) < 4.78 is 5.78. The predicted octanol–water partition coefficient (Wildman–Crippen LogP) is 9.00. The average molecular weight is 444 g/mol. The zero-order valence-electron chi connectivity index (χ0n) is 19.8. The number of halogens is 1. The van der Waals surface area contributed by atoms with Crippen molar-refractivity contribution in [3.05, 3.63) is 48.2 Å². The highest BCUT2D eigenvalue weighted by molar-refractivity contribution is 6.20. The summed E-state index contributed by atoms with van der Waals surface area (Å²) in [6, 6.07) is 12.6. The van der Waals surface area contributed by atoms with E-state index in [0.29, 0.717) is 6.61 Å². The summed E-state index contributed by atoms with van der Waals surface area (Å²) in [5.41, 5.74) is 3.49. The SMILES string of the molecule is CCCCCCCCCCCCc1ccc(-c2ccc(OCCC(Cl)CC)cc2)nc1. The molecule has 1 aromatic heterocycles. The Hall–Kier alpha value is -1.54. The molecule has 0 spiro atoms. The van der Waals surface area contributed by atoms with Crippen molar-refractivity contribution in [3.8, 4) is 17.0 Å². The molecule has 0 aliphatic heterocycles. The third-order valence-electron chi connectivity index (χ3n) is 5.94. The number of pyridine rings is 1. The van der Waals surface area contributed by atoms with Gasteiger partial charge in [0.25, 0.3) is 0 Å². The number of unbranched alkanes of at least 4 members (excludes halogenated alkanes) is 9. The van der Waals surface area contributed by atoms with Gasteiger partial charge in [0.15, 0.2) is 0 Å². The van der Waals surface area contributed by atoms with Crippen LogP contribution in [0.5, 0.6) is 5.75 Å². The van der Waals surface area contributed by atoms with E-state index >= 15 is 0 Å². The second-order valence-corrected chi connectivity index (χ2v) is 9.27. The number of aromatic nitrogens is 1. The van der Waals surface area contributed by atoms with Crippen LogP contribution >= 0.6 is 11.6 Å². The number of rotatable bonds is 17. The Morgan fingerprint density at radius 2 is 1.45 bits per heavy atom. The van der Waals surface area contributed by atoms with Gasteiger partial charge in [0, 0.05) is 17.1 Å². The Morgan fingerprint density at radius 1 is 0.806 bits per heavy atom. The van der Waals surface area contributed by atoms with Crippen molar-refractivity contribution in [1.29, 1.82) is 0 Å². The topological polar surface area (TPSA) is 22.1 Å². The van der Waals surface area contributed by atoms with E-state index in [1.54, 1.807) is 0 Å². The zero-order valence-corrected chi connectivity index (χ0v) is 20.5. The van der Waals surface area contributed by atoms with Gasteiger partial charge in [-0.15, -0.1) is 11.6 Å². The van der Waals surface area contributed by atoms with Crippen LogP contribution < -0.4 is 4.74 Å². The molecule has 1 heterocycles. The third kappa shape index (κ3) is 11.1. The molecule has 0 amide bonds. The predicted molar refractivity (Wildman–Crippen MR) is 135 cm³/mol. The van der Waals surface area contributed by atoms with Gasteiger partial charge < -0.3 is 4.74 Å². The molecule has 1 unspecified atom stereocenters. The Balaban J connectivity index is 1.63. The number of nitrogens with zero attached hydrogens (tertiary/aromatic N) is 1. The molecule has 1 aromatic carbocycles. The highest BCUT2D eigenvalue weighted by Crippen LogP contribution is 2.22. The molecule has 0 radical (unpaired) electrons. The van der Waals surface area contributed by atoms with Crippen LogP contribution in [-0.4, -0.2) is 17.0 Å². The minimum atomic E-state index is 0.197. The Kier molecular flexibility index (Phi) is 13.4. The summed E-state index contributed by atoms with van der Waals surface area (Å²) in [5, 5.41) is 0.197. The average Bonchev–Trinajstić information content (AvgIpc) is 2.81. The lowest BCUT2D eigenvalue weighted by molar-refractivity contribution is 0.307. The van der Waals surface area contributed by atoms with Gasteiger partial charge in [0.1, 0.15) is 5.75 Å². The Labute approximate surface area is 195 Å². The van der Waals surface area contributed by atoms with Gasteiger partial charge in [-0.1, -0.05) is 77.7 Å². The zero-order chi connectivity index (χ0) is 22.2. The molecule has 0 aliphatic carbocycles. The number of hydrogen-bond acceptors (Lipinski definition) is 2. The summed E-state index contributed by atoms with van der Waals surface area (Å²) in [4.78, 5) is 4.68. The van der Waals surface area contributed by atoms with E-state index in [9.17, 15) is 0 Å². The fourth-order valence-electron chi connectivity index (χ4n) is 3.79. The van der Waals surface area contributed by atoms with Crippen molar-refractivity contribution in [2.24, 2.45) is 0 Å². The molecule has 0 bridgehead atoms. The summed E-state index contributed by atoms with van der Waals surface area (Å²) in [7, 11) is 0. The number of ether oxygens (including phenoxy) is 1. The minimum absolute atomic E-state index is 0.197. The van der Waals surface area contributed by atoms with Crippen molar-refractivity contribution in [3.63, 3.8) is 0 Å². The van der Waals surface area contributed by atoms with Crippen LogP contribution in [0, 0.1) is 0 Å². The lowest BCUT2D eigenvalue weighted by Gasteiger charge is -2.09. The summed E-state index contributed by atoms with van der Waals surface area (Å²) >= 11 is 6.14. The van der Waals surface area contributed by atoms with E-state index in [-0.39, 0.29) is 5.38 Å². The third-order valence-corrected chi connectivity index (χ3v) is 6.46. The molecule has 0 saturated carbocycles. The van der Waals surface area contributed by atoms with Gasteiger partial charge in [-0.05, 0) is 61.6 Å². The van der Waals surface area contributed by atoms with Crippen LogP contribution in [0.15, 0.2) is 42.6 Å². The van der Waals surface area contributed by atoms with Crippen LogP contribution in [0.25, 0.3) is 11.3 Å². The maximum absolute atomic E-state index is 6.14. The molecule has 0 N–H and O–H groups in total. The fraction of sp³-hybridized carbons (Fsp3) is 0.607. The van der Waals surface area contributed by atoms with E-state index in [2.05, 4.69) is 43.1 Å². The van der Waals surface area contributed by atoms with Crippen molar-refractivity contribution in [2.45, 2.75) is 103 Å².